The molecule has 0 aliphatic carbocycles. The molecule has 0 fully saturated rings. The van der Waals surface area contributed by atoms with E-state index in [4.69, 9.17) is 0 Å². The molecule has 0 saturated carbocycles. The minimum absolute atomic E-state index is 0.263. The molecule has 25 heavy (non-hydrogen) atoms. The molecule has 0 atom stereocenters. The van der Waals surface area contributed by atoms with Gasteiger partial charge in [0.1, 0.15) is 0 Å². The maximum Gasteiger partial charge on any atom is 0.330 e. The Morgan fingerprint density at radius 2 is 1.92 bits per heavy atom. The van der Waals surface area contributed by atoms with Gasteiger partial charge < -0.3 is 9.88 Å². The van der Waals surface area contributed by atoms with Crippen LogP contribution >= 0.6 is 11.8 Å². The molecule has 1 amide bonds. The van der Waals surface area contributed by atoms with Crippen LogP contribution in [-0.2, 0) is 18.9 Å². The lowest BCUT2D eigenvalue weighted by Crippen LogP contribution is -2.37. The van der Waals surface area contributed by atoms with E-state index in [1.54, 1.807) is 18.8 Å². The van der Waals surface area contributed by atoms with Gasteiger partial charge in [-0.05, 0) is 30.4 Å². The molecule has 1 aromatic heterocycles. The number of carbonyl (C=O) groups is 1. The quantitative estimate of drug-likeness (QED) is 0.461. The van der Waals surface area contributed by atoms with Crippen molar-refractivity contribution >= 4 is 23.7 Å². The second-order valence-corrected chi connectivity index (χ2v) is 6.65. The van der Waals surface area contributed by atoms with Gasteiger partial charge >= 0.3 is 5.69 Å². The molecule has 6 nitrogen and oxygen atoms in total. The number of carbonyl (C=O) groups excluding carboxylic acids is 1. The number of nitrogens with one attached hydrogen (secondary N) is 1. The van der Waals surface area contributed by atoms with Crippen molar-refractivity contribution in [3.8, 4) is 0 Å². The van der Waals surface area contributed by atoms with E-state index < -0.39 is 11.2 Å². The molecule has 1 aromatic carbocycles. The Kier molecular flexibility index (Phi) is 6.82. The van der Waals surface area contributed by atoms with Crippen LogP contribution in [-0.4, -0.2) is 27.3 Å². The molecule has 0 aliphatic rings. The van der Waals surface area contributed by atoms with Crippen molar-refractivity contribution < 1.29 is 4.79 Å². The van der Waals surface area contributed by atoms with Gasteiger partial charge in [-0.2, -0.15) is 0 Å². The second kappa shape index (κ2) is 9.08. The highest BCUT2D eigenvalue weighted by Gasteiger charge is 2.04. The summed E-state index contributed by atoms with van der Waals surface area (Å²) in [7, 11) is 2.97. The van der Waals surface area contributed by atoms with Crippen LogP contribution < -0.4 is 16.6 Å². The Labute approximate surface area is 150 Å². The Morgan fingerprint density at radius 1 is 1.20 bits per heavy atom. The smallest absolute Gasteiger partial charge is 0.330 e. The summed E-state index contributed by atoms with van der Waals surface area (Å²) in [5.41, 5.74) is -0.534. The fourth-order valence-electron chi connectivity index (χ4n) is 2.17. The van der Waals surface area contributed by atoms with E-state index in [1.807, 2.05) is 18.2 Å². The van der Waals surface area contributed by atoms with E-state index in [0.29, 0.717) is 12.1 Å². The Hall–Kier alpha value is -2.54. The fourth-order valence-corrected chi connectivity index (χ4v) is 3.04. The highest BCUT2D eigenvalue weighted by Crippen LogP contribution is 2.17. The third-order valence-electron chi connectivity index (χ3n) is 3.52. The highest BCUT2D eigenvalue weighted by atomic mass is 32.2. The van der Waals surface area contributed by atoms with E-state index >= 15 is 0 Å². The summed E-state index contributed by atoms with van der Waals surface area (Å²) in [4.78, 5) is 36.6. The molecule has 0 saturated heterocycles. The van der Waals surface area contributed by atoms with Gasteiger partial charge in [0, 0.05) is 37.8 Å². The van der Waals surface area contributed by atoms with Crippen LogP contribution in [0.1, 0.15) is 12.0 Å². The summed E-state index contributed by atoms with van der Waals surface area (Å²) in [6.07, 6.45) is 5.01. The number of rotatable bonds is 7. The molecule has 2 aromatic rings. The molecular formula is C18H21N3O3S. The fraction of sp³-hybridized carbons (Fsp3) is 0.278. The summed E-state index contributed by atoms with van der Waals surface area (Å²) < 4.78 is 2.32. The van der Waals surface area contributed by atoms with Crippen LogP contribution in [0.5, 0.6) is 0 Å². The van der Waals surface area contributed by atoms with Gasteiger partial charge in [-0.1, -0.05) is 18.2 Å². The van der Waals surface area contributed by atoms with Gasteiger partial charge in [-0.3, -0.25) is 14.2 Å². The van der Waals surface area contributed by atoms with Gasteiger partial charge in [0.15, 0.2) is 0 Å². The maximum atomic E-state index is 12.0. The molecule has 132 valence electrons. The predicted molar refractivity (Wildman–Crippen MR) is 101 cm³/mol. The van der Waals surface area contributed by atoms with Gasteiger partial charge in [0.05, 0.1) is 5.56 Å². The minimum Gasteiger partial charge on any atom is -0.353 e. The number of aryl methyl sites for hydroxylation is 1. The van der Waals surface area contributed by atoms with Crippen molar-refractivity contribution in [1.29, 1.82) is 0 Å². The number of hydrogen-bond acceptors (Lipinski definition) is 4. The lowest BCUT2D eigenvalue weighted by molar-refractivity contribution is -0.116. The van der Waals surface area contributed by atoms with Crippen LogP contribution in [0.15, 0.2) is 57.1 Å². The maximum absolute atomic E-state index is 12.0. The normalized spacial score (nSPS) is 11.0. The number of amides is 1. The van der Waals surface area contributed by atoms with Crippen LogP contribution in [0, 0.1) is 0 Å². The summed E-state index contributed by atoms with van der Waals surface area (Å²) >= 11 is 1.74. The number of hydrogen-bond donors (Lipinski definition) is 1. The number of aromatic nitrogens is 2. The molecule has 1 N–H and O–H groups in total. The zero-order valence-corrected chi connectivity index (χ0v) is 15.1. The molecule has 7 heteroatoms. The van der Waals surface area contributed by atoms with Crippen LogP contribution in [0.2, 0.25) is 0 Å². The van der Waals surface area contributed by atoms with Crippen LogP contribution in [0.25, 0.3) is 6.08 Å². The van der Waals surface area contributed by atoms with Crippen LogP contribution in [0.4, 0.5) is 0 Å². The molecule has 1 heterocycles. The van der Waals surface area contributed by atoms with E-state index in [2.05, 4.69) is 17.4 Å². The van der Waals surface area contributed by atoms with Crippen molar-refractivity contribution in [2.24, 2.45) is 14.1 Å². The first-order chi connectivity index (χ1) is 12.0. The van der Waals surface area contributed by atoms with E-state index in [0.717, 1.165) is 16.7 Å². The molecule has 0 bridgehead atoms. The topological polar surface area (TPSA) is 73.1 Å². The first-order valence-electron chi connectivity index (χ1n) is 7.89. The summed E-state index contributed by atoms with van der Waals surface area (Å²) in [6, 6.07) is 10.1. The second-order valence-electron chi connectivity index (χ2n) is 5.48. The van der Waals surface area contributed by atoms with Crippen molar-refractivity contribution in [2.75, 3.05) is 12.3 Å². The average molecular weight is 359 g/mol. The zero-order chi connectivity index (χ0) is 18.2. The van der Waals surface area contributed by atoms with Gasteiger partial charge in [-0.15, -0.1) is 11.8 Å². The SMILES string of the molecule is Cn1cc(/C=C/C(=O)NCCCSc2ccccc2)c(=O)n(C)c1=O. The first-order valence-corrected chi connectivity index (χ1v) is 8.88. The lowest BCUT2D eigenvalue weighted by Gasteiger charge is -2.04. The van der Waals surface area contributed by atoms with E-state index in [-0.39, 0.29) is 5.91 Å². The van der Waals surface area contributed by atoms with Crippen molar-refractivity contribution in [2.45, 2.75) is 11.3 Å². The molecule has 0 spiro atoms. The van der Waals surface area contributed by atoms with Crippen molar-refractivity contribution in [1.82, 2.24) is 14.5 Å². The molecular weight excluding hydrogens is 338 g/mol. The van der Waals surface area contributed by atoms with Crippen molar-refractivity contribution in [3.05, 3.63) is 69.0 Å². The molecule has 0 radical (unpaired) electrons. The molecule has 0 aliphatic heterocycles. The number of nitrogens with zero attached hydrogens (tertiary/aromatic N) is 2. The van der Waals surface area contributed by atoms with Crippen LogP contribution in [0.3, 0.4) is 0 Å². The van der Waals surface area contributed by atoms with Gasteiger partial charge in [-0.25, -0.2) is 4.79 Å². The molecule has 2 rings (SSSR count). The average Bonchev–Trinajstić information content (AvgIpc) is 2.62. The minimum atomic E-state index is -0.425. The Morgan fingerprint density at radius 3 is 2.64 bits per heavy atom. The number of benzene rings is 1. The summed E-state index contributed by atoms with van der Waals surface area (Å²) in [5, 5.41) is 2.78. The Bertz CT molecular complexity index is 869. The Balaban J connectivity index is 1.80. The summed E-state index contributed by atoms with van der Waals surface area (Å²) in [5.74, 6) is 0.649. The largest absolute Gasteiger partial charge is 0.353 e. The first kappa shape index (κ1) is 18.8. The zero-order valence-electron chi connectivity index (χ0n) is 14.3. The third kappa shape index (κ3) is 5.49. The predicted octanol–water partition coefficient (Wildman–Crippen LogP) is 1.40. The third-order valence-corrected chi connectivity index (χ3v) is 4.62. The van der Waals surface area contributed by atoms with Gasteiger partial charge in [0.25, 0.3) is 5.56 Å². The standard InChI is InChI=1S/C18H21N3O3S/c1-20-13-14(17(23)21(2)18(20)24)9-10-16(22)19-11-6-12-25-15-7-4-3-5-8-15/h3-5,7-10,13H,6,11-12H2,1-2H3,(H,19,22)/b10-9+. The number of thioether (sulfide) groups is 1. The van der Waals surface area contributed by atoms with E-state index in [1.165, 1.54) is 34.9 Å². The van der Waals surface area contributed by atoms with Gasteiger partial charge in [0.2, 0.25) is 5.91 Å². The molecule has 0 unspecified atom stereocenters. The monoisotopic (exact) mass is 359 g/mol. The lowest BCUT2D eigenvalue weighted by atomic mass is 10.3. The summed E-state index contributed by atoms with van der Waals surface area (Å²) in [6.45, 7) is 0.564. The highest BCUT2D eigenvalue weighted by molar-refractivity contribution is 7.99. The van der Waals surface area contributed by atoms with Crippen molar-refractivity contribution in [3.63, 3.8) is 0 Å². The van der Waals surface area contributed by atoms with E-state index in [9.17, 15) is 14.4 Å².